The molecule has 14 heteroatoms. The molecule has 0 atom stereocenters. The Kier molecular flexibility index (Phi) is 8.86. The van der Waals surface area contributed by atoms with Crippen LogP contribution in [0.5, 0.6) is 0 Å². The van der Waals surface area contributed by atoms with Gasteiger partial charge in [0.1, 0.15) is 22.7 Å². The molecule has 2 amide bonds. The van der Waals surface area contributed by atoms with E-state index in [9.17, 15) is 27.2 Å². The summed E-state index contributed by atoms with van der Waals surface area (Å²) in [6, 6.07) is 11.9. The van der Waals surface area contributed by atoms with Gasteiger partial charge in [-0.25, -0.2) is 27.5 Å². The number of hydrogen-bond donors (Lipinski definition) is 4. The number of nitrogens with zero attached hydrogens (tertiary/aromatic N) is 4. The number of aryl methyl sites for hydroxylation is 4. The molecule has 0 aliphatic heterocycles. The second kappa shape index (κ2) is 12.8. The summed E-state index contributed by atoms with van der Waals surface area (Å²) in [5.41, 5.74) is 12.8. The second-order valence-corrected chi connectivity index (χ2v) is 10.8. The van der Waals surface area contributed by atoms with E-state index in [1.807, 2.05) is 6.92 Å². The average Bonchev–Trinajstić information content (AvgIpc) is 3.59. The fourth-order valence-electron chi connectivity index (χ4n) is 4.95. The van der Waals surface area contributed by atoms with Crippen molar-refractivity contribution in [2.24, 2.45) is 25.6 Å². The SMILES string of the molecule is CCc1ccc(Nc2c(C(N)=O)cc3c(ncn3C)c2F)c(F)c1.Cc1ccc(Nc2c(C(N)=O)cc3c(ncn3C)c2F)c(F)c1. The van der Waals surface area contributed by atoms with E-state index in [0.29, 0.717) is 17.5 Å². The van der Waals surface area contributed by atoms with Crippen LogP contribution in [0.3, 0.4) is 0 Å². The Balaban J connectivity index is 0.000000185. The van der Waals surface area contributed by atoms with Gasteiger partial charge in [-0.1, -0.05) is 19.1 Å². The lowest BCUT2D eigenvalue weighted by molar-refractivity contribution is 0.0992. The van der Waals surface area contributed by atoms with Crippen molar-refractivity contribution >= 4 is 56.6 Å². The average molecular weight is 647 g/mol. The Labute approximate surface area is 266 Å². The number of nitrogens with one attached hydrogen (secondary N) is 2. The zero-order valence-electron chi connectivity index (χ0n) is 25.8. The lowest BCUT2D eigenvalue weighted by Gasteiger charge is -2.13. The van der Waals surface area contributed by atoms with Crippen LogP contribution < -0.4 is 22.1 Å². The van der Waals surface area contributed by atoms with Gasteiger partial charge in [-0.3, -0.25) is 9.59 Å². The summed E-state index contributed by atoms with van der Waals surface area (Å²) < 4.78 is 60.9. The molecule has 0 aliphatic carbocycles. The Morgan fingerprint density at radius 1 is 0.723 bits per heavy atom. The molecular formula is C33H30F4N8O2. The molecule has 0 spiro atoms. The molecule has 4 aromatic carbocycles. The number of anilines is 4. The number of primary amides is 2. The molecule has 2 heterocycles. The number of fused-ring (bicyclic) bond motifs is 2. The van der Waals surface area contributed by atoms with Crippen molar-refractivity contribution in [2.45, 2.75) is 20.3 Å². The van der Waals surface area contributed by atoms with E-state index < -0.39 is 35.1 Å². The summed E-state index contributed by atoms with van der Waals surface area (Å²) in [6.45, 7) is 3.64. The van der Waals surface area contributed by atoms with Gasteiger partial charge < -0.3 is 31.2 Å². The molecule has 242 valence electrons. The number of nitrogens with two attached hydrogens (primary N) is 2. The van der Waals surface area contributed by atoms with Gasteiger partial charge in [-0.15, -0.1) is 0 Å². The maximum atomic E-state index is 14.8. The van der Waals surface area contributed by atoms with Crippen LogP contribution in [0.4, 0.5) is 40.3 Å². The van der Waals surface area contributed by atoms with E-state index in [4.69, 9.17) is 11.5 Å². The van der Waals surface area contributed by atoms with Crippen LogP contribution in [0.1, 0.15) is 38.8 Å². The normalized spacial score (nSPS) is 11.0. The molecule has 6 N–H and O–H groups in total. The molecule has 0 saturated heterocycles. The minimum absolute atomic E-state index is 0.0484. The third-order valence-electron chi connectivity index (χ3n) is 7.54. The van der Waals surface area contributed by atoms with Crippen molar-refractivity contribution < 1.29 is 27.2 Å². The van der Waals surface area contributed by atoms with Crippen molar-refractivity contribution in [3.05, 3.63) is 107 Å². The molecule has 6 aromatic rings. The molecule has 6 rings (SSSR count). The number of benzene rings is 4. The van der Waals surface area contributed by atoms with Crippen molar-refractivity contribution in [2.75, 3.05) is 10.6 Å². The number of aromatic nitrogens is 4. The van der Waals surface area contributed by atoms with Gasteiger partial charge in [0.05, 0.1) is 57.6 Å². The molecule has 0 aliphatic rings. The van der Waals surface area contributed by atoms with Crippen molar-refractivity contribution in [1.29, 1.82) is 0 Å². The van der Waals surface area contributed by atoms with Gasteiger partial charge in [-0.2, -0.15) is 0 Å². The zero-order valence-corrected chi connectivity index (χ0v) is 25.8. The Morgan fingerprint density at radius 2 is 1.17 bits per heavy atom. The van der Waals surface area contributed by atoms with Crippen LogP contribution in [0.2, 0.25) is 0 Å². The number of amides is 2. The predicted molar refractivity (Wildman–Crippen MR) is 172 cm³/mol. The molecule has 0 radical (unpaired) electrons. The van der Waals surface area contributed by atoms with Gasteiger partial charge in [0.15, 0.2) is 11.6 Å². The molecule has 0 unspecified atom stereocenters. The first kappa shape index (κ1) is 32.5. The van der Waals surface area contributed by atoms with E-state index in [1.165, 1.54) is 49.1 Å². The quantitative estimate of drug-likeness (QED) is 0.151. The van der Waals surface area contributed by atoms with Crippen LogP contribution in [0, 0.1) is 30.2 Å². The van der Waals surface area contributed by atoms with Crippen molar-refractivity contribution in [1.82, 2.24) is 19.1 Å². The largest absolute Gasteiger partial charge is 0.366 e. The Hall–Kier alpha value is -5.92. The predicted octanol–water partition coefficient (Wildman–Crippen LogP) is 6.26. The molecule has 0 saturated carbocycles. The van der Waals surface area contributed by atoms with Crippen LogP contribution in [0.15, 0.2) is 61.2 Å². The summed E-state index contributed by atoms with van der Waals surface area (Å²) in [6.07, 6.45) is 3.53. The lowest BCUT2D eigenvalue weighted by atomic mass is 10.1. The molecule has 0 bridgehead atoms. The maximum absolute atomic E-state index is 14.8. The number of imidazole rings is 2. The van der Waals surface area contributed by atoms with Crippen LogP contribution in [0.25, 0.3) is 22.1 Å². The fourth-order valence-corrected chi connectivity index (χ4v) is 4.95. The highest BCUT2D eigenvalue weighted by Gasteiger charge is 2.22. The number of rotatable bonds is 7. The monoisotopic (exact) mass is 646 g/mol. The highest BCUT2D eigenvalue weighted by molar-refractivity contribution is 6.04. The highest BCUT2D eigenvalue weighted by atomic mass is 19.1. The molecule has 2 aromatic heterocycles. The molecule has 0 fully saturated rings. The summed E-state index contributed by atoms with van der Waals surface area (Å²) in [4.78, 5) is 31.3. The summed E-state index contributed by atoms with van der Waals surface area (Å²) in [7, 11) is 3.35. The maximum Gasteiger partial charge on any atom is 0.251 e. The number of carbonyl (C=O) groups is 2. The van der Waals surface area contributed by atoms with E-state index in [0.717, 1.165) is 11.1 Å². The topological polar surface area (TPSA) is 146 Å². The summed E-state index contributed by atoms with van der Waals surface area (Å²) in [5.74, 6) is -4.23. The first-order chi connectivity index (χ1) is 22.3. The Bertz CT molecular complexity index is 2190. The summed E-state index contributed by atoms with van der Waals surface area (Å²) in [5, 5.41) is 5.26. The van der Waals surface area contributed by atoms with E-state index in [1.54, 1.807) is 42.3 Å². The van der Waals surface area contributed by atoms with E-state index in [2.05, 4.69) is 20.6 Å². The third-order valence-corrected chi connectivity index (χ3v) is 7.54. The van der Waals surface area contributed by atoms with E-state index >= 15 is 0 Å². The fraction of sp³-hybridized carbons (Fsp3) is 0.152. The van der Waals surface area contributed by atoms with Gasteiger partial charge >= 0.3 is 0 Å². The molecule has 10 nitrogen and oxygen atoms in total. The van der Waals surface area contributed by atoms with Crippen LogP contribution in [-0.2, 0) is 20.5 Å². The lowest BCUT2D eigenvalue weighted by Crippen LogP contribution is -2.15. The van der Waals surface area contributed by atoms with Crippen molar-refractivity contribution in [3.63, 3.8) is 0 Å². The first-order valence-corrected chi connectivity index (χ1v) is 14.3. The number of hydrogen-bond acceptors (Lipinski definition) is 6. The molecule has 47 heavy (non-hydrogen) atoms. The number of carbonyl (C=O) groups excluding carboxylic acids is 2. The van der Waals surface area contributed by atoms with E-state index in [-0.39, 0.29) is 44.9 Å². The van der Waals surface area contributed by atoms with Crippen molar-refractivity contribution in [3.8, 4) is 0 Å². The van der Waals surface area contributed by atoms with Crippen LogP contribution >= 0.6 is 0 Å². The first-order valence-electron chi connectivity index (χ1n) is 14.3. The minimum atomic E-state index is -0.818. The number of halogens is 4. The summed E-state index contributed by atoms with van der Waals surface area (Å²) >= 11 is 0. The van der Waals surface area contributed by atoms with Gasteiger partial charge in [0.2, 0.25) is 0 Å². The Morgan fingerprint density at radius 3 is 1.57 bits per heavy atom. The second-order valence-electron chi connectivity index (χ2n) is 10.8. The van der Waals surface area contributed by atoms with Gasteiger partial charge in [0, 0.05) is 14.1 Å². The van der Waals surface area contributed by atoms with Gasteiger partial charge in [0.25, 0.3) is 11.8 Å². The van der Waals surface area contributed by atoms with Gasteiger partial charge in [-0.05, 0) is 60.9 Å². The molecular weight excluding hydrogens is 616 g/mol. The highest BCUT2D eigenvalue weighted by Crippen LogP contribution is 2.33. The van der Waals surface area contributed by atoms with Crippen LogP contribution in [-0.4, -0.2) is 30.9 Å². The smallest absolute Gasteiger partial charge is 0.251 e. The zero-order chi connectivity index (χ0) is 34.2. The third kappa shape index (κ3) is 6.30. The minimum Gasteiger partial charge on any atom is -0.366 e. The standard InChI is InChI=1S/C17H16F2N4O.C16H14F2N4O/c1-3-9-4-5-12(11(18)6-9)22-15-10(17(20)24)7-13-16(14(15)19)21-8-23(13)2;1-8-3-4-11(10(17)5-8)21-14-9(16(19)23)6-12-15(13(14)18)20-7-22(12)2/h4-8,22H,3H2,1-2H3,(H2,20,24);3-7,21H,1-2H3,(H2,19,23).